The molecule has 0 radical (unpaired) electrons. The highest BCUT2D eigenvalue weighted by molar-refractivity contribution is 6.08. The normalized spacial score (nSPS) is 12.7. The van der Waals surface area contributed by atoms with E-state index < -0.39 is 17.6 Å². The molecule has 1 heterocycles. The third kappa shape index (κ3) is 4.63. The van der Waals surface area contributed by atoms with Gasteiger partial charge in [-0.15, -0.1) is 0 Å². The van der Waals surface area contributed by atoms with E-state index in [1.54, 1.807) is 24.3 Å². The predicted molar refractivity (Wildman–Crippen MR) is 94.7 cm³/mol. The van der Waals surface area contributed by atoms with Gasteiger partial charge in [0.2, 0.25) is 0 Å². The number of halogens is 1. The van der Waals surface area contributed by atoms with Crippen LogP contribution in [0.5, 0.6) is 17.2 Å². The number of hydrogen-bond donors (Lipinski definition) is 0. The molecule has 140 valence electrons. The molecule has 0 amide bonds. The second-order valence-electron chi connectivity index (χ2n) is 5.61. The maximum atomic E-state index is 13.6. The minimum atomic E-state index is -0.607. The van der Waals surface area contributed by atoms with E-state index in [-0.39, 0.29) is 17.9 Å². The highest BCUT2D eigenvalue weighted by Crippen LogP contribution is 2.31. The van der Waals surface area contributed by atoms with E-state index in [4.69, 9.17) is 14.2 Å². The van der Waals surface area contributed by atoms with E-state index >= 15 is 0 Å². The molecule has 0 unspecified atom stereocenters. The first-order valence-corrected chi connectivity index (χ1v) is 8.18. The van der Waals surface area contributed by atoms with Crippen LogP contribution in [0.15, 0.2) is 42.5 Å². The third-order valence-corrected chi connectivity index (χ3v) is 3.77. The van der Waals surface area contributed by atoms with Crippen LogP contribution in [-0.4, -0.2) is 38.7 Å². The second kappa shape index (κ2) is 8.35. The monoisotopic (exact) mass is 372 g/mol. The molecule has 0 N–H and O–H groups in total. The Hall–Kier alpha value is -3.35. The minimum Gasteiger partial charge on any atom is -0.486 e. The molecule has 27 heavy (non-hydrogen) atoms. The molecule has 6 nitrogen and oxygen atoms in total. The van der Waals surface area contributed by atoms with E-state index in [9.17, 15) is 14.0 Å². The fourth-order valence-electron chi connectivity index (χ4n) is 2.44. The number of hydrogen-bond acceptors (Lipinski definition) is 6. The Bertz CT molecular complexity index is 890. The number of allylic oxidation sites excluding steroid dienone is 1. The second-order valence-corrected chi connectivity index (χ2v) is 5.61. The summed E-state index contributed by atoms with van der Waals surface area (Å²) in [5.74, 6) is -0.319. The van der Waals surface area contributed by atoms with Crippen LogP contribution < -0.4 is 14.2 Å². The fourth-order valence-corrected chi connectivity index (χ4v) is 2.44. The summed E-state index contributed by atoms with van der Waals surface area (Å²) in [5, 5.41) is 0. The molecular weight excluding hydrogens is 355 g/mol. The Morgan fingerprint density at radius 2 is 1.89 bits per heavy atom. The van der Waals surface area contributed by atoms with E-state index in [0.717, 1.165) is 17.7 Å². The maximum absolute atomic E-state index is 13.6. The molecule has 0 atom stereocenters. The molecule has 1 aliphatic heterocycles. The number of benzene rings is 2. The van der Waals surface area contributed by atoms with E-state index in [2.05, 4.69) is 4.74 Å². The fraction of sp³-hybridized carbons (Fsp3) is 0.200. The molecular formula is C20H17FO6. The molecule has 7 heteroatoms. The van der Waals surface area contributed by atoms with E-state index in [1.807, 2.05) is 0 Å². The van der Waals surface area contributed by atoms with Gasteiger partial charge in [0.25, 0.3) is 0 Å². The summed E-state index contributed by atoms with van der Waals surface area (Å²) in [6.45, 7) is 0.576. The molecule has 0 saturated carbocycles. The number of esters is 1. The summed E-state index contributed by atoms with van der Waals surface area (Å²) in [6, 6.07) is 8.78. The highest BCUT2D eigenvalue weighted by Gasteiger charge is 2.14. The van der Waals surface area contributed by atoms with Gasteiger partial charge in [-0.1, -0.05) is 12.1 Å². The first-order valence-electron chi connectivity index (χ1n) is 8.18. The van der Waals surface area contributed by atoms with Gasteiger partial charge in [0.1, 0.15) is 24.8 Å². The largest absolute Gasteiger partial charge is 0.486 e. The van der Waals surface area contributed by atoms with Crippen LogP contribution in [-0.2, 0) is 9.53 Å². The molecule has 2 aromatic rings. The molecule has 0 fully saturated rings. The van der Waals surface area contributed by atoms with Crippen LogP contribution in [0.2, 0.25) is 0 Å². The lowest BCUT2D eigenvalue weighted by molar-refractivity contribution is -0.142. The van der Waals surface area contributed by atoms with Gasteiger partial charge in [0.15, 0.2) is 23.9 Å². The Morgan fingerprint density at radius 1 is 1.11 bits per heavy atom. The number of ether oxygens (including phenoxy) is 4. The SMILES string of the molecule is COC(=O)COc1ccc(F)cc1C(=O)C=Cc1ccc2c(c1)OCCO2. The van der Waals surface area contributed by atoms with Crippen molar-refractivity contribution < 1.29 is 32.9 Å². The lowest BCUT2D eigenvalue weighted by Gasteiger charge is -2.18. The summed E-state index contributed by atoms with van der Waals surface area (Å²) in [5.41, 5.74) is 0.730. The van der Waals surface area contributed by atoms with Gasteiger partial charge in [0, 0.05) is 0 Å². The average molecular weight is 372 g/mol. The lowest BCUT2D eigenvalue weighted by Crippen LogP contribution is -2.15. The number of fused-ring (bicyclic) bond motifs is 1. The number of carbonyl (C=O) groups is 2. The number of carbonyl (C=O) groups excluding carboxylic acids is 2. The Balaban J connectivity index is 1.78. The van der Waals surface area contributed by atoms with Gasteiger partial charge in [-0.25, -0.2) is 9.18 Å². The highest BCUT2D eigenvalue weighted by atomic mass is 19.1. The van der Waals surface area contributed by atoms with Crippen molar-refractivity contribution in [3.05, 3.63) is 59.4 Å². The summed E-state index contributed by atoms with van der Waals surface area (Å²) in [6.07, 6.45) is 2.88. The number of ketones is 1. The Morgan fingerprint density at radius 3 is 2.67 bits per heavy atom. The van der Waals surface area contributed by atoms with Gasteiger partial charge in [0.05, 0.1) is 12.7 Å². The lowest BCUT2D eigenvalue weighted by atomic mass is 10.1. The topological polar surface area (TPSA) is 71.1 Å². The predicted octanol–water partition coefficient (Wildman–Crippen LogP) is 3.04. The molecule has 0 spiro atoms. The van der Waals surface area contributed by atoms with E-state index in [0.29, 0.717) is 24.7 Å². The maximum Gasteiger partial charge on any atom is 0.343 e. The molecule has 0 aliphatic carbocycles. The quantitative estimate of drug-likeness (QED) is 0.441. The smallest absolute Gasteiger partial charge is 0.343 e. The van der Waals surface area contributed by atoms with Crippen molar-refractivity contribution in [3.63, 3.8) is 0 Å². The molecule has 0 bridgehead atoms. The number of methoxy groups -OCH3 is 1. The molecule has 3 rings (SSSR count). The third-order valence-electron chi connectivity index (χ3n) is 3.77. The molecule has 0 aromatic heterocycles. The first kappa shape index (κ1) is 18.4. The first-order chi connectivity index (χ1) is 13.1. The zero-order valence-corrected chi connectivity index (χ0v) is 14.6. The van der Waals surface area contributed by atoms with Crippen molar-refractivity contribution >= 4 is 17.8 Å². The summed E-state index contributed by atoms with van der Waals surface area (Å²) >= 11 is 0. The zero-order valence-electron chi connectivity index (χ0n) is 14.6. The van der Waals surface area contributed by atoms with Gasteiger partial charge < -0.3 is 18.9 Å². The summed E-state index contributed by atoms with van der Waals surface area (Å²) in [7, 11) is 1.22. The van der Waals surface area contributed by atoms with Crippen molar-refractivity contribution in [2.75, 3.05) is 26.9 Å². The van der Waals surface area contributed by atoms with Crippen LogP contribution in [0.25, 0.3) is 6.08 Å². The Labute approximate surface area is 155 Å². The zero-order chi connectivity index (χ0) is 19.2. The van der Waals surface area contributed by atoms with Crippen LogP contribution in [0.1, 0.15) is 15.9 Å². The number of rotatable bonds is 6. The van der Waals surface area contributed by atoms with Crippen LogP contribution in [0, 0.1) is 5.82 Å². The van der Waals surface area contributed by atoms with Crippen molar-refractivity contribution in [1.82, 2.24) is 0 Å². The van der Waals surface area contributed by atoms with Crippen molar-refractivity contribution in [1.29, 1.82) is 0 Å². The van der Waals surface area contributed by atoms with Crippen molar-refractivity contribution in [2.45, 2.75) is 0 Å². The minimum absolute atomic E-state index is 0.00713. The van der Waals surface area contributed by atoms with Gasteiger partial charge in [-0.3, -0.25) is 4.79 Å². The van der Waals surface area contributed by atoms with E-state index in [1.165, 1.54) is 19.3 Å². The molecule has 0 saturated heterocycles. The molecule has 1 aliphatic rings. The van der Waals surface area contributed by atoms with Gasteiger partial charge in [-0.2, -0.15) is 0 Å². The van der Waals surface area contributed by atoms with Crippen LogP contribution >= 0.6 is 0 Å². The van der Waals surface area contributed by atoms with Crippen LogP contribution in [0.3, 0.4) is 0 Å². The summed E-state index contributed by atoms with van der Waals surface area (Å²) in [4.78, 5) is 23.7. The molecule has 2 aromatic carbocycles. The average Bonchev–Trinajstić information content (AvgIpc) is 2.70. The summed E-state index contributed by atoms with van der Waals surface area (Å²) < 4.78 is 34.3. The van der Waals surface area contributed by atoms with Gasteiger partial charge in [-0.05, 0) is 42.0 Å². The van der Waals surface area contributed by atoms with Gasteiger partial charge >= 0.3 is 5.97 Å². The van der Waals surface area contributed by atoms with Crippen molar-refractivity contribution in [2.24, 2.45) is 0 Å². The van der Waals surface area contributed by atoms with Crippen molar-refractivity contribution in [3.8, 4) is 17.2 Å². The van der Waals surface area contributed by atoms with Crippen LogP contribution in [0.4, 0.5) is 4.39 Å². The Kier molecular flexibility index (Phi) is 5.71. The standard InChI is InChI=1S/C20H17FO6/c1-24-20(23)12-27-17-7-4-14(21)11-15(17)16(22)5-2-13-3-6-18-19(10-13)26-9-8-25-18/h2-7,10-11H,8-9,12H2,1H3.